The molecule has 8 heteroatoms. The molecule has 154 valence electrons. The summed E-state index contributed by atoms with van der Waals surface area (Å²) in [5.41, 5.74) is 1.68. The molecule has 0 saturated heterocycles. The zero-order valence-electron chi connectivity index (χ0n) is 16.4. The minimum atomic E-state index is -0.366. The lowest BCUT2D eigenvalue weighted by molar-refractivity contribution is 0.0929. The highest BCUT2D eigenvalue weighted by Gasteiger charge is 2.28. The van der Waals surface area contributed by atoms with Crippen molar-refractivity contribution >= 4 is 23.0 Å². The van der Waals surface area contributed by atoms with Crippen molar-refractivity contribution in [1.82, 2.24) is 10.3 Å². The van der Waals surface area contributed by atoms with E-state index in [9.17, 15) is 14.0 Å². The molecule has 4 rings (SSSR count). The first-order valence-corrected chi connectivity index (χ1v) is 10.2. The molecule has 0 spiro atoms. The highest BCUT2D eigenvalue weighted by atomic mass is 32.1. The Bertz CT molecular complexity index is 1130. The van der Waals surface area contributed by atoms with Crippen molar-refractivity contribution in [3.63, 3.8) is 0 Å². The number of nitrogens with zero attached hydrogens (tertiary/aromatic N) is 1. The van der Waals surface area contributed by atoms with Crippen molar-refractivity contribution < 1.29 is 23.5 Å². The molecule has 2 aromatic heterocycles. The van der Waals surface area contributed by atoms with Gasteiger partial charge in [-0.15, -0.1) is 11.3 Å². The average molecular weight is 426 g/mol. The molecule has 1 aromatic carbocycles. The molecule has 1 atom stereocenters. The SMILES string of the molecule is COc1ncccc1C(=O)NC[C@@H]1Cc2cc(F)cc(-c3ccc(C(C)=O)s3)c2O1. The van der Waals surface area contributed by atoms with E-state index < -0.39 is 0 Å². The normalized spacial score (nSPS) is 14.7. The second-order valence-electron chi connectivity index (χ2n) is 6.88. The first-order valence-electron chi connectivity index (χ1n) is 9.33. The van der Waals surface area contributed by atoms with E-state index >= 15 is 0 Å². The largest absolute Gasteiger partial charge is 0.487 e. The van der Waals surface area contributed by atoms with Gasteiger partial charge < -0.3 is 14.8 Å². The van der Waals surface area contributed by atoms with Crippen LogP contribution in [0.25, 0.3) is 10.4 Å². The summed E-state index contributed by atoms with van der Waals surface area (Å²) in [6.45, 7) is 1.74. The molecule has 1 aliphatic rings. The van der Waals surface area contributed by atoms with Gasteiger partial charge in [0.05, 0.1) is 18.5 Å². The quantitative estimate of drug-likeness (QED) is 0.605. The molecule has 3 heterocycles. The fraction of sp³-hybridized carbons (Fsp3) is 0.227. The molecule has 1 aliphatic heterocycles. The molecule has 6 nitrogen and oxygen atoms in total. The Balaban J connectivity index is 1.50. The van der Waals surface area contributed by atoms with E-state index in [2.05, 4.69) is 10.3 Å². The van der Waals surface area contributed by atoms with Crippen molar-refractivity contribution in [1.29, 1.82) is 0 Å². The van der Waals surface area contributed by atoms with Crippen LogP contribution in [0.2, 0.25) is 0 Å². The van der Waals surface area contributed by atoms with Crippen LogP contribution in [-0.2, 0) is 6.42 Å². The lowest BCUT2D eigenvalue weighted by Crippen LogP contribution is -2.34. The van der Waals surface area contributed by atoms with E-state index in [0.29, 0.717) is 28.2 Å². The molecule has 3 aromatic rings. The molecule has 0 saturated carbocycles. The van der Waals surface area contributed by atoms with Gasteiger partial charge in [0, 0.05) is 28.6 Å². The number of Topliss-reactive ketones (excluding diaryl/α,β-unsaturated/α-hetero) is 1. The summed E-state index contributed by atoms with van der Waals surface area (Å²) in [5.74, 6) is 0.109. The summed E-state index contributed by atoms with van der Waals surface area (Å²) in [6, 6.07) is 9.67. The first-order chi connectivity index (χ1) is 14.5. The van der Waals surface area contributed by atoms with Gasteiger partial charge >= 0.3 is 0 Å². The predicted octanol–water partition coefficient (Wildman–Crippen LogP) is 3.89. The molecule has 1 amide bonds. The van der Waals surface area contributed by atoms with Gasteiger partial charge in [-0.1, -0.05) is 0 Å². The summed E-state index contributed by atoms with van der Waals surface area (Å²) in [7, 11) is 1.45. The topological polar surface area (TPSA) is 77.5 Å². The number of fused-ring (bicyclic) bond motifs is 1. The van der Waals surface area contributed by atoms with E-state index in [1.165, 1.54) is 37.5 Å². The number of pyridine rings is 1. The molecular weight excluding hydrogens is 407 g/mol. The van der Waals surface area contributed by atoms with Crippen molar-refractivity contribution in [3.8, 4) is 22.1 Å². The summed E-state index contributed by atoms with van der Waals surface area (Å²) >= 11 is 1.30. The smallest absolute Gasteiger partial charge is 0.256 e. The van der Waals surface area contributed by atoms with E-state index in [-0.39, 0.29) is 36.0 Å². The number of ether oxygens (including phenoxy) is 2. The van der Waals surface area contributed by atoms with E-state index in [0.717, 1.165) is 10.4 Å². The van der Waals surface area contributed by atoms with Gasteiger partial charge in [0.1, 0.15) is 23.2 Å². The first kappa shape index (κ1) is 20.0. The lowest BCUT2D eigenvalue weighted by Gasteiger charge is -2.14. The number of nitrogens with one attached hydrogen (secondary N) is 1. The Kier molecular flexibility index (Phi) is 5.50. The second-order valence-corrected chi connectivity index (χ2v) is 7.96. The molecule has 30 heavy (non-hydrogen) atoms. The van der Waals surface area contributed by atoms with Crippen LogP contribution in [-0.4, -0.2) is 36.4 Å². The van der Waals surface area contributed by atoms with Gasteiger partial charge in [-0.2, -0.15) is 0 Å². The number of aromatic nitrogens is 1. The molecule has 0 bridgehead atoms. The Morgan fingerprint density at radius 1 is 1.33 bits per heavy atom. The fourth-order valence-corrected chi connectivity index (χ4v) is 4.31. The van der Waals surface area contributed by atoms with Crippen LogP contribution < -0.4 is 14.8 Å². The highest BCUT2D eigenvalue weighted by molar-refractivity contribution is 7.17. The van der Waals surface area contributed by atoms with E-state index in [1.807, 2.05) is 0 Å². The number of carbonyl (C=O) groups excluding carboxylic acids is 2. The van der Waals surface area contributed by atoms with E-state index in [4.69, 9.17) is 9.47 Å². The Morgan fingerprint density at radius 3 is 2.90 bits per heavy atom. The number of methoxy groups -OCH3 is 1. The predicted molar refractivity (Wildman–Crippen MR) is 111 cm³/mol. The lowest BCUT2D eigenvalue weighted by atomic mass is 10.0. The minimum Gasteiger partial charge on any atom is -0.487 e. The van der Waals surface area contributed by atoms with Crippen LogP contribution in [0.4, 0.5) is 4.39 Å². The monoisotopic (exact) mass is 426 g/mol. The zero-order chi connectivity index (χ0) is 21.3. The number of thiophene rings is 1. The van der Waals surface area contributed by atoms with Crippen molar-refractivity contribution in [2.45, 2.75) is 19.4 Å². The maximum atomic E-state index is 14.2. The van der Waals surface area contributed by atoms with Crippen LogP contribution in [0.15, 0.2) is 42.6 Å². The number of carbonyl (C=O) groups is 2. The maximum absolute atomic E-state index is 14.2. The zero-order valence-corrected chi connectivity index (χ0v) is 17.2. The third-order valence-corrected chi connectivity index (χ3v) is 6.00. The van der Waals surface area contributed by atoms with Crippen LogP contribution in [0.1, 0.15) is 32.5 Å². The highest BCUT2D eigenvalue weighted by Crippen LogP contribution is 2.42. The number of rotatable bonds is 6. The van der Waals surface area contributed by atoms with Crippen LogP contribution >= 0.6 is 11.3 Å². The van der Waals surface area contributed by atoms with Crippen molar-refractivity contribution in [2.75, 3.05) is 13.7 Å². The van der Waals surface area contributed by atoms with Crippen LogP contribution in [0.5, 0.6) is 11.6 Å². The van der Waals surface area contributed by atoms with Gasteiger partial charge in [0.25, 0.3) is 5.91 Å². The maximum Gasteiger partial charge on any atom is 0.256 e. The Hall–Kier alpha value is -3.26. The van der Waals surface area contributed by atoms with Gasteiger partial charge in [0.2, 0.25) is 5.88 Å². The van der Waals surface area contributed by atoms with Crippen molar-refractivity contribution in [3.05, 3.63) is 64.4 Å². The third-order valence-electron chi connectivity index (χ3n) is 4.78. The summed E-state index contributed by atoms with van der Waals surface area (Å²) < 4.78 is 25.4. The van der Waals surface area contributed by atoms with E-state index in [1.54, 1.807) is 30.5 Å². The van der Waals surface area contributed by atoms with Gasteiger partial charge in [-0.25, -0.2) is 9.37 Å². The Labute approximate surface area is 176 Å². The van der Waals surface area contributed by atoms with Crippen LogP contribution in [0, 0.1) is 5.82 Å². The number of benzene rings is 1. The standard InChI is InChI=1S/C22H19FN2O4S/c1-12(26)18-5-6-19(30-18)17-10-14(23)8-13-9-15(29-20(13)17)11-25-21(27)16-4-3-7-24-22(16)28-2/h3-8,10,15H,9,11H2,1-2H3,(H,25,27)/t15-/m0/s1. The number of ketones is 1. The molecule has 0 unspecified atom stereocenters. The van der Waals surface area contributed by atoms with Gasteiger partial charge in [-0.05, 0) is 43.3 Å². The third kappa shape index (κ3) is 3.91. The molecular formula is C22H19FN2O4S. The minimum absolute atomic E-state index is 0.0355. The van der Waals surface area contributed by atoms with Crippen LogP contribution in [0.3, 0.4) is 0 Å². The summed E-state index contributed by atoms with van der Waals surface area (Å²) in [4.78, 5) is 29.5. The van der Waals surface area contributed by atoms with Gasteiger partial charge in [0.15, 0.2) is 5.78 Å². The van der Waals surface area contributed by atoms with Crippen molar-refractivity contribution in [2.24, 2.45) is 0 Å². The number of halogens is 1. The number of hydrogen-bond acceptors (Lipinski definition) is 6. The summed E-state index contributed by atoms with van der Waals surface area (Å²) in [6.07, 6.45) is 1.68. The molecule has 0 aliphatic carbocycles. The number of hydrogen-bond donors (Lipinski definition) is 1. The summed E-state index contributed by atoms with van der Waals surface area (Å²) in [5, 5.41) is 2.82. The second kappa shape index (κ2) is 8.23. The van der Waals surface area contributed by atoms with Gasteiger partial charge in [-0.3, -0.25) is 9.59 Å². The Morgan fingerprint density at radius 2 is 2.17 bits per heavy atom. The fourth-order valence-electron chi connectivity index (χ4n) is 3.39. The molecule has 0 radical (unpaired) electrons. The molecule has 0 fully saturated rings. The number of amides is 1. The molecule has 1 N–H and O–H groups in total. The average Bonchev–Trinajstić information content (AvgIpc) is 3.38.